The van der Waals surface area contributed by atoms with Gasteiger partial charge in [-0.3, -0.25) is 4.90 Å². The van der Waals surface area contributed by atoms with E-state index in [2.05, 4.69) is 27.4 Å². The highest BCUT2D eigenvalue weighted by Gasteiger charge is 2.50. The Kier molecular flexibility index (Phi) is 10.6. The number of halogens is 4. The molecule has 0 unspecified atom stereocenters. The molecule has 4 heterocycles. The van der Waals surface area contributed by atoms with Crippen LogP contribution in [0.5, 0.6) is 5.75 Å². The first-order valence-electron chi connectivity index (χ1n) is 17.4. The first-order valence-corrected chi connectivity index (χ1v) is 18.2. The van der Waals surface area contributed by atoms with Gasteiger partial charge in [0, 0.05) is 62.9 Å². The molecule has 3 saturated heterocycles. The van der Waals surface area contributed by atoms with Gasteiger partial charge in [-0.25, -0.2) is 4.39 Å². The zero-order valence-corrected chi connectivity index (χ0v) is 29.1. The molecule has 4 aliphatic rings. The van der Waals surface area contributed by atoms with Gasteiger partial charge in [0.2, 0.25) is 0 Å². The Hall–Kier alpha value is -3.28. The van der Waals surface area contributed by atoms with Gasteiger partial charge in [-0.2, -0.15) is 13.2 Å². The van der Waals surface area contributed by atoms with Gasteiger partial charge in [-0.15, -0.1) is 11.3 Å². The Labute approximate surface area is 294 Å². The molecule has 0 atom stereocenters. The zero-order valence-electron chi connectivity index (χ0n) is 28.3. The lowest BCUT2D eigenvalue weighted by Gasteiger charge is -2.58. The molecular formula is C37H44F4N4O4S. The summed E-state index contributed by atoms with van der Waals surface area (Å²) in [6.45, 7) is 6.89. The first-order chi connectivity index (χ1) is 24.2. The van der Waals surface area contributed by atoms with Crippen molar-refractivity contribution in [1.29, 1.82) is 0 Å². The molecule has 3 aromatic rings. The lowest BCUT2D eigenvalue weighted by molar-refractivity contribution is -0.200. The van der Waals surface area contributed by atoms with E-state index in [1.165, 1.54) is 17.4 Å². The molecule has 2 aromatic carbocycles. The van der Waals surface area contributed by atoms with Crippen molar-refractivity contribution in [2.75, 3.05) is 95.0 Å². The number of benzene rings is 2. The van der Waals surface area contributed by atoms with Crippen molar-refractivity contribution in [3.05, 3.63) is 46.6 Å². The van der Waals surface area contributed by atoms with Gasteiger partial charge < -0.3 is 34.5 Å². The van der Waals surface area contributed by atoms with E-state index in [4.69, 9.17) is 18.9 Å². The smallest absolute Gasteiger partial charge is 0.393 e. The average molecular weight is 717 g/mol. The van der Waals surface area contributed by atoms with E-state index in [1.807, 2.05) is 17.0 Å². The van der Waals surface area contributed by atoms with Crippen LogP contribution < -0.4 is 20.3 Å². The lowest BCUT2D eigenvalue weighted by atomic mass is 9.75. The van der Waals surface area contributed by atoms with E-state index in [-0.39, 0.29) is 24.8 Å². The standard InChI is InChI=1S/C37H44F4N4O4S/c1-46-16-17-49-33-19-32(44-12-14-47-15-13-44)29(38)18-31(33)42-11-3-6-34-28(20-37(39,40)41)27-4-2-5-30(35(27)50-34)43-25-7-9-26(10-8-25)45-21-36(22-45)23-48-24-36/h2,4-5,18-19,25-26,42-43H,7-17,20-24H2,1H3. The summed E-state index contributed by atoms with van der Waals surface area (Å²) < 4.78 is 79.5. The van der Waals surface area contributed by atoms with Crippen LogP contribution in [0.25, 0.3) is 10.1 Å². The molecule has 13 heteroatoms. The highest BCUT2D eigenvalue weighted by molar-refractivity contribution is 7.20. The third kappa shape index (κ3) is 7.95. The summed E-state index contributed by atoms with van der Waals surface area (Å²) in [6, 6.07) is 9.42. The molecule has 0 radical (unpaired) electrons. The minimum atomic E-state index is -4.39. The molecule has 50 heavy (non-hydrogen) atoms. The van der Waals surface area contributed by atoms with Crippen LogP contribution in [0.15, 0.2) is 30.3 Å². The molecule has 4 fully saturated rings. The second-order valence-electron chi connectivity index (χ2n) is 13.8. The number of fused-ring (bicyclic) bond motifs is 1. The maximum absolute atomic E-state index is 15.3. The summed E-state index contributed by atoms with van der Waals surface area (Å²) >= 11 is 1.29. The summed E-state index contributed by atoms with van der Waals surface area (Å²) in [6.07, 6.45) is -1.20. The van der Waals surface area contributed by atoms with Crippen molar-refractivity contribution in [2.24, 2.45) is 5.41 Å². The van der Waals surface area contributed by atoms with Crippen molar-refractivity contribution in [2.45, 2.75) is 50.4 Å². The molecule has 0 bridgehead atoms. The average Bonchev–Trinajstić information content (AvgIpc) is 3.40. The maximum Gasteiger partial charge on any atom is 0.393 e. The number of morpholine rings is 1. The van der Waals surface area contributed by atoms with E-state index >= 15 is 4.39 Å². The predicted molar refractivity (Wildman–Crippen MR) is 188 cm³/mol. The number of nitrogens with zero attached hydrogens (tertiary/aromatic N) is 2. The van der Waals surface area contributed by atoms with Crippen LogP contribution >= 0.6 is 11.3 Å². The van der Waals surface area contributed by atoms with E-state index in [0.29, 0.717) is 71.8 Å². The highest BCUT2D eigenvalue weighted by atomic mass is 32.1. The van der Waals surface area contributed by atoms with Gasteiger partial charge in [-0.05, 0) is 42.7 Å². The topological polar surface area (TPSA) is 67.5 Å². The van der Waals surface area contributed by atoms with Crippen LogP contribution in [-0.4, -0.2) is 103 Å². The van der Waals surface area contributed by atoms with Gasteiger partial charge in [0.05, 0.1) is 72.6 Å². The normalized spacial score (nSPS) is 22.1. The van der Waals surface area contributed by atoms with E-state index in [9.17, 15) is 13.2 Å². The van der Waals surface area contributed by atoms with Crippen molar-refractivity contribution in [3.8, 4) is 17.6 Å². The fraction of sp³-hybridized carbons (Fsp3) is 0.568. The minimum absolute atomic E-state index is 0.0796. The van der Waals surface area contributed by atoms with Gasteiger partial charge in [0.25, 0.3) is 0 Å². The number of likely N-dealkylation sites (tertiary alicyclic amines) is 1. The molecule has 2 N–H and O–H groups in total. The van der Waals surface area contributed by atoms with Gasteiger partial charge in [0.15, 0.2) is 0 Å². The van der Waals surface area contributed by atoms with Crippen LogP contribution in [0, 0.1) is 23.1 Å². The van der Waals surface area contributed by atoms with E-state index in [1.54, 1.807) is 19.2 Å². The molecule has 7 rings (SSSR count). The van der Waals surface area contributed by atoms with Crippen molar-refractivity contribution < 1.29 is 36.5 Å². The summed E-state index contributed by atoms with van der Waals surface area (Å²) in [7, 11) is 1.57. The number of hydrogen-bond donors (Lipinski definition) is 2. The summed E-state index contributed by atoms with van der Waals surface area (Å²) in [5.41, 5.74) is 2.28. The van der Waals surface area contributed by atoms with Crippen molar-refractivity contribution in [3.63, 3.8) is 0 Å². The molecule has 270 valence electrons. The molecule has 8 nitrogen and oxygen atoms in total. The molecule has 3 aliphatic heterocycles. The molecular weight excluding hydrogens is 672 g/mol. The number of alkyl halides is 3. The summed E-state index contributed by atoms with van der Waals surface area (Å²) in [5.74, 6) is 6.03. The van der Waals surface area contributed by atoms with Crippen LogP contribution in [0.3, 0.4) is 0 Å². The number of methoxy groups -OCH3 is 1. The summed E-state index contributed by atoms with van der Waals surface area (Å²) in [5, 5.41) is 7.36. The second-order valence-corrected chi connectivity index (χ2v) is 14.8. The maximum atomic E-state index is 15.3. The number of nitrogens with one attached hydrogen (secondary N) is 2. The third-order valence-corrected chi connectivity index (χ3v) is 11.4. The van der Waals surface area contributed by atoms with Crippen LogP contribution in [-0.2, 0) is 20.6 Å². The van der Waals surface area contributed by atoms with Crippen molar-refractivity contribution >= 4 is 38.5 Å². The minimum Gasteiger partial charge on any atom is -0.489 e. The Morgan fingerprint density at radius 1 is 1.02 bits per heavy atom. The zero-order chi connectivity index (χ0) is 34.7. The number of ether oxygens (including phenoxy) is 4. The quantitative estimate of drug-likeness (QED) is 0.132. The van der Waals surface area contributed by atoms with Crippen molar-refractivity contribution in [1.82, 2.24) is 4.90 Å². The predicted octanol–water partition coefficient (Wildman–Crippen LogP) is 6.53. The summed E-state index contributed by atoms with van der Waals surface area (Å²) in [4.78, 5) is 4.89. The third-order valence-electron chi connectivity index (χ3n) is 10.2. The largest absolute Gasteiger partial charge is 0.489 e. The number of hydrogen-bond acceptors (Lipinski definition) is 9. The van der Waals surface area contributed by atoms with E-state index < -0.39 is 18.4 Å². The molecule has 1 spiro atoms. The molecule has 1 saturated carbocycles. The number of rotatable bonds is 11. The Morgan fingerprint density at radius 3 is 2.50 bits per heavy atom. The monoisotopic (exact) mass is 716 g/mol. The SMILES string of the molecule is COCCOc1cc(N2CCOCC2)c(F)cc1NCC#Cc1sc2c(NC3CCC(N4CC5(COC5)C4)CC3)cccc2c1CC(F)(F)F. The van der Waals surface area contributed by atoms with E-state index in [0.717, 1.165) is 62.4 Å². The fourth-order valence-electron chi connectivity index (χ4n) is 7.56. The molecule has 1 aliphatic carbocycles. The van der Waals surface area contributed by atoms with Gasteiger partial charge in [-0.1, -0.05) is 24.0 Å². The molecule has 0 amide bonds. The number of anilines is 3. The Balaban J connectivity index is 1.05. The Morgan fingerprint density at radius 2 is 1.80 bits per heavy atom. The van der Waals surface area contributed by atoms with Gasteiger partial charge >= 0.3 is 6.18 Å². The van der Waals surface area contributed by atoms with Crippen LogP contribution in [0.1, 0.15) is 36.1 Å². The number of thiophene rings is 1. The second kappa shape index (κ2) is 15.1. The Bertz CT molecular complexity index is 1700. The first kappa shape index (κ1) is 35.1. The van der Waals surface area contributed by atoms with Gasteiger partial charge in [0.1, 0.15) is 18.2 Å². The van der Waals surface area contributed by atoms with Crippen LogP contribution in [0.4, 0.5) is 34.6 Å². The fourth-order valence-corrected chi connectivity index (χ4v) is 8.73. The molecule has 1 aromatic heterocycles. The van der Waals surface area contributed by atoms with Crippen LogP contribution in [0.2, 0.25) is 0 Å². The highest BCUT2D eigenvalue weighted by Crippen LogP contribution is 2.43. The lowest BCUT2D eigenvalue weighted by Crippen LogP contribution is -2.68.